The molecular weight excluding hydrogens is 290 g/mol. The van der Waals surface area contributed by atoms with Crippen LogP contribution < -0.4 is 5.73 Å². The number of carbonyl (C=O) groups is 2. The molecule has 0 radical (unpaired) electrons. The quantitative estimate of drug-likeness (QED) is 0.902. The van der Waals surface area contributed by atoms with Gasteiger partial charge in [0.25, 0.3) is 0 Å². The molecule has 0 aromatic heterocycles. The lowest BCUT2D eigenvalue weighted by molar-refractivity contribution is -0.138. The molecule has 0 saturated carbocycles. The summed E-state index contributed by atoms with van der Waals surface area (Å²) in [7, 11) is 1.93. The molecule has 2 aliphatic rings. The van der Waals surface area contributed by atoms with Crippen molar-refractivity contribution in [3.8, 4) is 0 Å². The second kappa shape index (κ2) is 6.32. The number of carbonyl (C=O) groups excluding carboxylic acids is 2. The van der Waals surface area contributed by atoms with Crippen molar-refractivity contribution in [3.05, 3.63) is 35.9 Å². The van der Waals surface area contributed by atoms with E-state index in [1.807, 2.05) is 30.1 Å². The second-order valence-electron chi connectivity index (χ2n) is 6.99. The molecular formula is C18H25N3O2. The van der Waals surface area contributed by atoms with Gasteiger partial charge >= 0.3 is 0 Å². The molecule has 2 heterocycles. The highest BCUT2D eigenvalue weighted by molar-refractivity contribution is 5.85. The third-order valence-corrected chi connectivity index (χ3v) is 5.45. The molecule has 1 unspecified atom stereocenters. The molecule has 2 N–H and O–H groups in total. The standard InChI is InChI=1S/C18H25N3O2/c1-20-15(11-14-5-3-2-4-6-14)12-18(17(20)23)7-9-21(10-8-18)13-16(19)22/h2-6,15H,7-13H2,1H3,(H2,19,22). The van der Waals surface area contributed by atoms with Gasteiger partial charge in [0.15, 0.2) is 0 Å². The maximum Gasteiger partial charge on any atom is 0.231 e. The Balaban J connectivity index is 1.66. The van der Waals surface area contributed by atoms with Gasteiger partial charge in [-0.05, 0) is 44.3 Å². The highest BCUT2D eigenvalue weighted by Gasteiger charge is 2.51. The minimum absolute atomic E-state index is 0.234. The van der Waals surface area contributed by atoms with E-state index in [2.05, 4.69) is 17.0 Å². The van der Waals surface area contributed by atoms with Crippen LogP contribution in [0.25, 0.3) is 0 Å². The van der Waals surface area contributed by atoms with Crippen molar-refractivity contribution in [3.63, 3.8) is 0 Å². The van der Waals surface area contributed by atoms with Gasteiger partial charge in [-0.3, -0.25) is 14.5 Å². The van der Waals surface area contributed by atoms with Crippen LogP contribution in [-0.2, 0) is 16.0 Å². The van der Waals surface area contributed by atoms with E-state index >= 15 is 0 Å². The molecule has 1 atom stereocenters. The van der Waals surface area contributed by atoms with Crippen molar-refractivity contribution in [2.24, 2.45) is 11.1 Å². The zero-order valence-electron chi connectivity index (χ0n) is 13.7. The van der Waals surface area contributed by atoms with E-state index in [0.29, 0.717) is 6.54 Å². The Morgan fingerprint density at radius 3 is 2.52 bits per heavy atom. The first-order chi connectivity index (χ1) is 11.0. The summed E-state index contributed by atoms with van der Waals surface area (Å²) in [6.07, 6.45) is 3.49. The number of primary amides is 1. The first-order valence-corrected chi connectivity index (χ1v) is 8.32. The summed E-state index contributed by atoms with van der Waals surface area (Å²) in [6.45, 7) is 1.86. The van der Waals surface area contributed by atoms with Crippen LogP contribution in [0.4, 0.5) is 0 Å². The number of benzene rings is 1. The van der Waals surface area contributed by atoms with Gasteiger partial charge in [-0.25, -0.2) is 0 Å². The Hall–Kier alpha value is -1.88. The van der Waals surface area contributed by atoms with Gasteiger partial charge in [0.1, 0.15) is 0 Å². The van der Waals surface area contributed by atoms with Crippen LogP contribution in [0.1, 0.15) is 24.8 Å². The molecule has 1 spiro atoms. The van der Waals surface area contributed by atoms with E-state index in [-0.39, 0.29) is 23.3 Å². The molecule has 1 aromatic carbocycles. The summed E-state index contributed by atoms with van der Waals surface area (Å²) in [5, 5.41) is 0. The number of hydrogen-bond donors (Lipinski definition) is 1. The first kappa shape index (κ1) is 16.0. The molecule has 2 aliphatic heterocycles. The van der Waals surface area contributed by atoms with E-state index in [0.717, 1.165) is 38.8 Å². The van der Waals surface area contributed by atoms with E-state index in [1.165, 1.54) is 5.56 Å². The highest BCUT2D eigenvalue weighted by Crippen LogP contribution is 2.44. The van der Waals surface area contributed by atoms with Gasteiger partial charge in [0.05, 0.1) is 12.0 Å². The van der Waals surface area contributed by atoms with Crippen LogP contribution >= 0.6 is 0 Å². The maximum absolute atomic E-state index is 12.8. The van der Waals surface area contributed by atoms with Crippen LogP contribution in [0.15, 0.2) is 30.3 Å². The van der Waals surface area contributed by atoms with Crippen LogP contribution in [0, 0.1) is 5.41 Å². The lowest BCUT2D eigenvalue weighted by Crippen LogP contribution is -2.46. The number of nitrogens with zero attached hydrogens (tertiary/aromatic N) is 2. The van der Waals surface area contributed by atoms with Gasteiger partial charge < -0.3 is 10.6 Å². The second-order valence-corrected chi connectivity index (χ2v) is 6.99. The van der Waals surface area contributed by atoms with Crippen molar-refractivity contribution in [2.75, 3.05) is 26.7 Å². The van der Waals surface area contributed by atoms with Gasteiger partial charge in [0.2, 0.25) is 11.8 Å². The zero-order chi connectivity index (χ0) is 16.4. The molecule has 0 aliphatic carbocycles. The normalized spacial score (nSPS) is 24.3. The van der Waals surface area contributed by atoms with Gasteiger partial charge in [-0.15, -0.1) is 0 Å². The Morgan fingerprint density at radius 2 is 1.91 bits per heavy atom. The fourth-order valence-electron chi connectivity index (χ4n) is 4.09. The first-order valence-electron chi connectivity index (χ1n) is 8.32. The molecule has 3 rings (SSSR count). The SMILES string of the molecule is CN1C(=O)C2(CCN(CC(N)=O)CC2)CC1Cc1ccccc1. The summed E-state index contributed by atoms with van der Waals surface area (Å²) in [5.41, 5.74) is 6.31. The smallest absolute Gasteiger partial charge is 0.231 e. The summed E-state index contributed by atoms with van der Waals surface area (Å²) < 4.78 is 0. The molecule has 1 aromatic rings. The van der Waals surface area contributed by atoms with Crippen LogP contribution in [0.3, 0.4) is 0 Å². The number of nitrogens with two attached hydrogens (primary N) is 1. The third kappa shape index (κ3) is 3.24. The van der Waals surface area contributed by atoms with Crippen molar-refractivity contribution in [1.29, 1.82) is 0 Å². The van der Waals surface area contributed by atoms with E-state index in [9.17, 15) is 9.59 Å². The monoisotopic (exact) mass is 315 g/mol. The molecule has 5 heteroatoms. The lowest BCUT2D eigenvalue weighted by atomic mass is 9.75. The number of likely N-dealkylation sites (N-methyl/N-ethyl adjacent to an activating group) is 1. The van der Waals surface area contributed by atoms with Crippen molar-refractivity contribution < 1.29 is 9.59 Å². The molecule has 2 fully saturated rings. The number of piperidine rings is 1. The van der Waals surface area contributed by atoms with E-state index in [1.54, 1.807) is 0 Å². The minimum atomic E-state index is -0.294. The molecule has 23 heavy (non-hydrogen) atoms. The van der Waals surface area contributed by atoms with Gasteiger partial charge in [-0.1, -0.05) is 30.3 Å². The van der Waals surface area contributed by atoms with Gasteiger partial charge in [-0.2, -0.15) is 0 Å². The fourth-order valence-corrected chi connectivity index (χ4v) is 4.09. The maximum atomic E-state index is 12.8. The minimum Gasteiger partial charge on any atom is -0.369 e. The molecule has 5 nitrogen and oxygen atoms in total. The molecule has 124 valence electrons. The number of rotatable bonds is 4. The predicted octanol–water partition coefficient (Wildman–Crippen LogP) is 1.03. The van der Waals surface area contributed by atoms with E-state index in [4.69, 9.17) is 5.73 Å². The Bertz CT molecular complexity index is 579. The van der Waals surface area contributed by atoms with Crippen LogP contribution in [0.2, 0.25) is 0 Å². The van der Waals surface area contributed by atoms with Crippen molar-refractivity contribution >= 4 is 11.8 Å². The molecule has 0 bridgehead atoms. The summed E-state index contributed by atoms with van der Waals surface area (Å²) in [6, 6.07) is 10.6. The average Bonchev–Trinajstić information content (AvgIpc) is 2.76. The summed E-state index contributed by atoms with van der Waals surface area (Å²) in [5.74, 6) is -0.0186. The third-order valence-electron chi connectivity index (χ3n) is 5.45. The zero-order valence-corrected chi connectivity index (χ0v) is 13.7. The number of amides is 2. The Labute approximate surface area is 137 Å². The summed E-state index contributed by atoms with van der Waals surface area (Å²) >= 11 is 0. The van der Waals surface area contributed by atoms with Crippen molar-refractivity contribution in [2.45, 2.75) is 31.7 Å². The van der Waals surface area contributed by atoms with Crippen LogP contribution in [-0.4, -0.2) is 54.3 Å². The molecule has 2 amide bonds. The fraction of sp³-hybridized carbons (Fsp3) is 0.556. The Morgan fingerprint density at radius 1 is 1.26 bits per heavy atom. The van der Waals surface area contributed by atoms with Crippen LogP contribution in [0.5, 0.6) is 0 Å². The largest absolute Gasteiger partial charge is 0.369 e. The number of likely N-dealkylation sites (tertiary alicyclic amines) is 2. The average molecular weight is 315 g/mol. The lowest BCUT2D eigenvalue weighted by Gasteiger charge is -2.37. The molecule has 2 saturated heterocycles. The number of hydrogen-bond acceptors (Lipinski definition) is 3. The summed E-state index contributed by atoms with van der Waals surface area (Å²) in [4.78, 5) is 27.9. The topological polar surface area (TPSA) is 66.6 Å². The van der Waals surface area contributed by atoms with E-state index < -0.39 is 0 Å². The predicted molar refractivity (Wildman–Crippen MR) is 88.6 cm³/mol. The highest BCUT2D eigenvalue weighted by atomic mass is 16.2. The Kier molecular flexibility index (Phi) is 4.39. The van der Waals surface area contributed by atoms with Crippen molar-refractivity contribution in [1.82, 2.24) is 9.80 Å². The van der Waals surface area contributed by atoms with Gasteiger partial charge in [0, 0.05) is 13.1 Å².